The van der Waals surface area contributed by atoms with Crippen molar-refractivity contribution in [2.75, 3.05) is 11.9 Å². The number of likely N-dealkylation sites (N-methyl/N-ethyl adjacent to an activating group) is 1. The molecule has 2 rings (SSSR count). The van der Waals surface area contributed by atoms with Crippen LogP contribution in [0.25, 0.3) is 0 Å². The van der Waals surface area contributed by atoms with Gasteiger partial charge in [-0.2, -0.15) is 0 Å². The summed E-state index contributed by atoms with van der Waals surface area (Å²) < 4.78 is 0. The Balaban J connectivity index is 2.18. The Kier molecular flexibility index (Phi) is 2.52. The lowest BCUT2D eigenvalue weighted by Gasteiger charge is -2.10. The van der Waals surface area contributed by atoms with E-state index in [-0.39, 0.29) is 12.5 Å². The second-order valence-corrected chi connectivity index (χ2v) is 3.75. The Morgan fingerprint density at radius 3 is 3.00 bits per heavy atom. The van der Waals surface area contributed by atoms with Crippen molar-refractivity contribution in [3.8, 4) is 0 Å². The first-order valence-corrected chi connectivity index (χ1v) is 4.93. The van der Waals surface area contributed by atoms with Crippen molar-refractivity contribution in [3.05, 3.63) is 29.3 Å². The Labute approximate surface area is 92.7 Å². The minimum atomic E-state index is -1.05. The van der Waals surface area contributed by atoms with Gasteiger partial charge in [-0.1, -0.05) is 12.1 Å². The van der Waals surface area contributed by atoms with Gasteiger partial charge >= 0.3 is 6.09 Å². The molecule has 5 heteroatoms. The molecule has 1 aliphatic rings. The van der Waals surface area contributed by atoms with Gasteiger partial charge < -0.3 is 15.3 Å². The van der Waals surface area contributed by atoms with Gasteiger partial charge in [0.15, 0.2) is 0 Å². The molecule has 84 valence electrons. The summed E-state index contributed by atoms with van der Waals surface area (Å²) in [6.45, 7) is 0.264. The summed E-state index contributed by atoms with van der Waals surface area (Å²) >= 11 is 0. The maximum atomic E-state index is 11.4. The Morgan fingerprint density at radius 1 is 1.56 bits per heavy atom. The molecule has 1 aromatic rings. The molecule has 0 fully saturated rings. The zero-order valence-electron chi connectivity index (χ0n) is 8.86. The van der Waals surface area contributed by atoms with Crippen molar-refractivity contribution in [2.24, 2.45) is 0 Å². The van der Waals surface area contributed by atoms with Crippen molar-refractivity contribution in [1.29, 1.82) is 0 Å². The number of amides is 2. The lowest BCUT2D eigenvalue weighted by molar-refractivity contribution is -0.117. The molecule has 5 nitrogen and oxygen atoms in total. The van der Waals surface area contributed by atoms with E-state index in [9.17, 15) is 9.59 Å². The number of nitrogens with zero attached hydrogens (tertiary/aromatic N) is 1. The first kappa shape index (κ1) is 10.5. The molecule has 0 unspecified atom stereocenters. The van der Waals surface area contributed by atoms with Gasteiger partial charge in [-0.05, 0) is 17.2 Å². The molecule has 0 bridgehead atoms. The highest BCUT2D eigenvalue weighted by Crippen LogP contribution is 2.28. The van der Waals surface area contributed by atoms with Crippen LogP contribution < -0.4 is 10.2 Å². The van der Waals surface area contributed by atoms with Crippen LogP contribution in [-0.2, 0) is 17.8 Å². The normalized spacial score (nSPS) is 13.8. The summed E-state index contributed by atoms with van der Waals surface area (Å²) in [6.07, 6.45) is -0.652. The quantitative estimate of drug-likeness (QED) is 0.780. The number of carboxylic acid groups (broad SMARTS) is 1. The summed E-state index contributed by atoms with van der Waals surface area (Å²) in [5.74, 6) is 0.0679. The number of carbonyl (C=O) groups excluding carboxylic acids is 1. The number of carbonyl (C=O) groups is 2. The largest absolute Gasteiger partial charge is 0.465 e. The number of nitrogens with one attached hydrogen (secondary N) is 1. The van der Waals surface area contributed by atoms with Crippen molar-refractivity contribution in [2.45, 2.75) is 13.0 Å². The standard InChI is InChI=1S/C11H12N2O3/c1-13-9-3-2-7(6-12-11(15)16)4-8(9)5-10(13)14/h2-4,12H,5-6H2,1H3,(H,15,16). The number of hydrogen-bond donors (Lipinski definition) is 2. The number of rotatable bonds is 2. The van der Waals surface area contributed by atoms with Crippen molar-refractivity contribution in [3.63, 3.8) is 0 Å². The molecule has 1 heterocycles. The molecule has 0 aliphatic carbocycles. The number of anilines is 1. The molecule has 0 atom stereocenters. The highest BCUT2D eigenvalue weighted by atomic mass is 16.4. The van der Waals surface area contributed by atoms with Crippen LogP contribution in [0.5, 0.6) is 0 Å². The number of fused-ring (bicyclic) bond motifs is 1. The van der Waals surface area contributed by atoms with Crippen molar-refractivity contribution < 1.29 is 14.7 Å². The molecule has 1 aromatic carbocycles. The number of hydrogen-bond acceptors (Lipinski definition) is 2. The molecular weight excluding hydrogens is 208 g/mol. The minimum Gasteiger partial charge on any atom is -0.465 e. The van der Waals surface area contributed by atoms with Crippen LogP contribution >= 0.6 is 0 Å². The fraction of sp³-hybridized carbons (Fsp3) is 0.273. The van der Waals surface area contributed by atoms with Crippen LogP contribution in [0.2, 0.25) is 0 Å². The molecule has 16 heavy (non-hydrogen) atoms. The Morgan fingerprint density at radius 2 is 2.31 bits per heavy atom. The minimum absolute atomic E-state index is 0.0679. The van der Waals surface area contributed by atoms with Gasteiger partial charge in [0.2, 0.25) is 5.91 Å². The molecule has 1 aliphatic heterocycles. The van der Waals surface area contributed by atoms with E-state index in [2.05, 4.69) is 5.32 Å². The lowest BCUT2D eigenvalue weighted by Crippen LogP contribution is -2.20. The van der Waals surface area contributed by atoms with Gasteiger partial charge in [0.25, 0.3) is 0 Å². The third-order valence-electron chi connectivity index (χ3n) is 2.66. The van der Waals surface area contributed by atoms with Gasteiger partial charge in [-0.15, -0.1) is 0 Å². The zero-order valence-corrected chi connectivity index (χ0v) is 8.86. The van der Waals surface area contributed by atoms with E-state index in [1.807, 2.05) is 18.2 Å². The average molecular weight is 220 g/mol. The Bertz CT molecular complexity index is 457. The van der Waals surface area contributed by atoms with Crippen LogP contribution in [0.4, 0.5) is 10.5 Å². The maximum absolute atomic E-state index is 11.4. The smallest absolute Gasteiger partial charge is 0.404 e. The van der Waals surface area contributed by atoms with Gasteiger partial charge in [0, 0.05) is 19.3 Å². The molecular formula is C11H12N2O3. The van der Waals surface area contributed by atoms with E-state index in [0.717, 1.165) is 16.8 Å². The van der Waals surface area contributed by atoms with Gasteiger partial charge in [0.05, 0.1) is 6.42 Å². The summed E-state index contributed by atoms with van der Waals surface area (Å²) in [5.41, 5.74) is 2.73. The highest BCUT2D eigenvalue weighted by molar-refractivity contribution is 6.00. The molecule has 0 saturated carbocycles. The van der Waals surface area contributed by atoms with Crippen molar-refractivity contribution >= 4 is 17.7 Å². The second-order valence-electron chi connectivity index (χ2n) is 3.75. The zero-order chi connectivity index (χ0) is 11.7. The SMILES string of the molecule is CN1C(=O)Cc2cc(CNC(=O)O)ccc21. The monoisotopic (exact) mass is 220 g/mol. The molecule has 0 spiro atoms. The molecule has 2 N–H and O–H groups in total. The third kappa shape index (κ3) is 1.84. The van der Waals surface area contributed by atoms with Crippen molar-refractivity contribution in [1.82, 2.24) is 5.32 Å². The van der Waals surface area contributed by atoms with Crippen LogP contribution in [0.3, 0.4) is 0 Å². The molecule has 0 radical (unpaired) electrons. The summed E-state index contributed by atoms with van der Waals surface area (Å²) in [4.78, 5) is 23.4. The third-order valence-corrected chi connectivity index (χ3v) is 2.66. The predicted molar refractivity (Wildman–Crippen MR) is 58.4 cm³/mol. The topological polar surface area (TPSA) is 69.6 Å². The van der Waals surface area contributed by atoms with Gasteiger partial charge in [-0.25, -0.2) is 4.79 Å². The van der Waals surface area contributed by atoms with E-state index < -0.39 is 6.09 Å². The van der Waals surface area contributed by atoms with E-state index in [4.69, 9.17) is 5.11 Å². The molecule has 0 aromatic heterocycles. The first-order valence-electron chi connectivity index (χ1n) is 4.93. The average Bonchev–Trinajstić information content (AvgIpc) is 2.52. The highest BCUT2D eigenvalue weighted by Gasteiger charge is 2.23. The van der Waals surface area contributed by atoms with Gasteiger partial charge in [0.1, 0.15) is 0 Å². The first-order chi connectivity index (χ1) is 7.58. The van der Waals surface area contributed by atoms with E-state index in [1.54, 1.807) is 11.9 Å². The number of benzene rings is 1. The Hall–Kier alpha value is -2.04. The van der Waals surface area contributed by atoms with Crippen LogP contribution in [0.15, 0.2) is 18.2 Å². The lowest BCUT2D eigenvalue weighted by atomic mass is 10.1. The summed E-state index contributed by atoms with van der Waals surface area (Å²) in [6, 6.07) is 5.54. The summed E-state index contributed by atoms with van der Waals surface area (Å²) in [7, 11) is 1.74. The van der Waals surface area contributed by atoms with Crippen LogP contribution in [-0.4, -0.2) is 24.2 Å². The maximum Gasteiger partial charge on any atom is 0.404 e. The van der Waals surface area contributed by atoms with Crippen LogP contribution in [0, 0.1) is 0 Å². The van der Waals surface area contributed by atoms with E-state index in [1.165, 1.54) is 0 Å². The molecule has 0 saturated heterocycles. The second kappa shape index (κ2) is 3.84. The predicted octanol–water partition coefficient (Wildman–Crippen LogP) is 0.973. The van der Waals surface area contributed by atoms with E-state index >= 15 is 0 Å². The van der Waals surface area contributed by atoms with Crippen LogP contribution in [0.1, 0.15) is 11.1 Å². The van der Waals surface area contributed by atoms with Gasteiger partial charge in [-0.3, -0.25) is 4.79 Å². The molecule has 2 amide bonds. The fourth-order valence-electron chi connectivity index (χ4n) is 1.81. The summed E-state index contributed by atoms with van der Waals surface area (Å²) in [5, 5.41) is 10.8. The van der Waals surface area contributed by atoms with E-state index in [0.29, 0.717) is 6.42 Å². The fourth-order valence-corrected chi connectivity index (χ4v) is 1.81.